The average Bonchev–Trinajstić information content (AvgIpc) is 3.13. The van der Waals surface area contributed by atoms with Gasteiger partial charge in [0, 0.05) is 17.7 Å². The molecule has 5 heteroatoms. The summed E-state index contributed by atoms with van der Waals surface area (Å²) >= 11 is 1.57. The highest BCUT2D eigenvalue weighted by Crippen LogP contribution is 2.17. The molecule has 2 aromatic carbocycles. The topological polar surface area (TPSA) is 78.9 Å². The summed E-state index contributed by atoms with van der Waals surface area (Å²) < 4.78 is 0. The first-order chi connectivity index (χ1) is 12.2. The molecule has 0 aliphatic heterocycles. The molecular formula is C20H19N3OS. The Hall–Kier alpha value is -2.68. The van der Waals surface area contributed by atoms with Crippen LogP contribution in [-0.4, -0.2) is 18.0 Å². The molecule has 0 aliphatic carbocycles. The lowest BCUT2D eigenvalue weighted by Crippen LogP contribution is -2.46. The van der Waals surface area contributed by atoms with E-state index in [1.165, 1.54) is 0 Å². The maximum absolute atomic E-state index is 12.3. The fourth-order valence-electron chi connectivity index (χ4n) is 2.75. The van der Waals surface area contributed by atoms with Gasteiger partial charge in [0.1, 0.15) is 6.04 Å². The number of hydrogen-bond acceptors (Lipinski definition) is 4. The highest BCUT2D eigenvalue weighted by atomic mass is 32.1. The standard InChI is InChI=1S/C20H19N3OS/c21-13-17(23-20(24)19(22)12-18-6-3-9-25-18)11-14-7-8-15-4-1-2-5-16(15)10-14/h1-10,17,19H,11-12,22H2,(H,23,24)/t17-,19-/m0/s1. The number of carbonyl (C=O) groups is 1. The normalized spacial score (nSPS) is 13.1. The Bertz CT molecular complexity index is 899. The molecular weight excluding hydrogens is 330 g/mol. The summed E-state index contributed by atoms with van der Waals surface area (Å²) in [6.07, 6.45) is 0.941. The average molecular weight is 349 g/mol. The third-order valence-electron chi connectivity index (χ3n) is 4.06. The van der Waals surface area contributed by atoms with Crippen molar-refractivity contribution in [2.45, 2.75) is 24.9 Å². The van der Waals surface area contributed by atoms with Crippen molar-refractivity contribution in [2.24, 2.45) is 5.73 Å². The molecule has 0 saturated carbocycles. The van der Waals surface area contributed by atoms with Gasteiger partial charge < -0.3 is 11.1 Å². The Balaban J connectivity index is 1.63. The van der Waals surface area contributed by atoms with Gasteiger partial charge in [-0.05, 0) is 27.8 Å². The van der Waals surface area contributed by atoms with Crippen molar-refractivity contribution in [2.75, 3.05) is 0 Å². The van der Waals surface area contributed by atoms with E-state index in [0.717, 1.165) is 21.2 Å². The van der Waals surface area contributed by atoms with Crippen molar-refractivity contribution < 1.29 is 4.79 Å². The largest absolute Gasteiger partial charge is 0.339 e. The second kappa shape index (κ2) is 7.93. The van der Waals surface area contributed by atoms with Crippen LogP contribution in [0.25, 0.3) is 10.8 Å². The number of nitrogens with zero attached hydrogens (tertiary/aromatic N) is 1. The van der Waals surface area contributed by atoms with Gasteiger partial charge in [0.15, 0.2) is 0 Å². The lowest BCUT2D eigenvalue weighted by molar-refractivity contribution is -0.122. The predicted molar refractivity (Wildman–Crippen MR) is 101 cm³/mol. The van der Waals surface area contributed by atoms with E-state index in [9.17, 15) is 10.1 Å². The van der Waals surface area contributed by atoms with Crippen LogP contribution in [0.3, 0.4) is 0 Å². The highest BCUT2D eigenvalue weighted by molar-refractivity contribution is 7.09. The molecule has 3 N–H and O–H groups in total. The Labute approximate surface area is 150 Å². The number of nitrogens with two attached hydrogens (primary N) is 1. The van der Waals surface area contributed by atoms with Gasteiger partial charge in [-0.2, -0.15) is 5.26 Å². The smallest absolute Gasteiger partial charge is 0.238 e. The van der Waals surface area contributed by atoms with Gasteiger partial charge in [0.25, 0.3) is 0 Å². The monoisotopic (exact) mass is 349 g/mol. The number of nitrogens with one attached hydrogen (secondary N) is 1. The molecule has 25 heavy (non-hydrogen) atoms. The van der Waals surface area contributed by atoms with E-state index in [4.69, 9.17) is 5.73 Å². The molecule has 0 fully saturated rings. The van der Waals surface area contributed by atoms with Gasteiger partial charge in [0.05, 0.1) is 12.1 Å². The Morgan fingerprint density at radius 3 is 2.64 bits per heavy atom. The molecule has 0 radical (unpaired) electrons. The van der Waals surface area contributed by atoms with Crippen molar-refractivity contribution in [1.29, 1.82) is 5.26 Å². The number of hydrogen-bond donors (Lipinski definition) is 2. The van der Waals surface area contributed by atoms with E-state index < -0.39 is 12.1 Å². The lowest BCUT2D eigenvalue weighted by atomic mass is 10.0. The molecule has 3 aromatic rings. The first-order valence-electron chi connectivity index (χ1n) is 8.11. The maximum Gasteiger partial charge on any atom is 0.238 e. The quantitative estimate of drug-likeness (QED) is 0.718. The summed E-state index contributed by atoms with van der Waals surface area (Å²) in [5.41, 5.74) is 6.98. The molecule has 3 rings (SSSR count). The summed E-state index contributed by atoms with van der Waals surface area (Å²) in [5.74, 6) is -0.291. The van der Waals surface area contributed by atoms with Crippen molar-refractivity contribution in [3.8, 4) is 6.07 Å². The number of amides is 1. The zero-order chi connectivity index (χ0) is 17.6. The summed E-state index contributed by atoms with van der Waals surface area (Å²) in [4.78, 5) is 13.3. The van der Waals surface area contributed by atoms with Crippen LogP contribution in [0.15, 0.2) is 60.0 Å². The molecule has 0 saturated heterocycles. The SMILES string of the molecule is N#C[C@H](Cc1ccc2ccccc2c1)NC(=O)[C@@H](N)Cc1cccs1. The van der Waals surface area contributed by atoms with E-state index in [1.54, 1.807) is 11.3 Å². The second-order valence-corrected chi connectivity index (χ2v) is 7.00. The van der Waals surface area contributed by atoms with Gasteiger partial charge in [-0.15, -0.1) is 11.3 Å². The van der Waals surface area contributed by atoms with E-state index in [2.05, 4.69) is 17.5 Å². The van der Waals surface area contributed by atoms with Gasteiger partial charge in [-0.1, -0.05) is 48.5 Å². The van der Waals surface area contributed by atoms with Crippen molar-refractivity contribution in [3.63, 3.8) is 0 Å². The highest BCUT2D eigenvalue weighted by Gasteiger charge is 2.19. The van der Waals surface area contributed by atoms with Crippen molar-refractivity contribution in [3.05, 3.63) is 70.4 Å². The van der Waals surface area contributed by atoms with Crippen LogP contribution in [0.2, 0.25) is 0 Å². The Kier molecular flexibility index (Phi) is 5.44. The molecule has 0 aliphatic rings. The van der Waals surface area contributed by atoms with E-state index in [-0.39, 0.29) is 5.91 Å². The Morgan fingerprint density at radius 2 is 1.92 bits per heavy atom. The van der Waals surface area contributed by atoms with Crippen LogP contribution < -0.4 is 11.1 Å². The fourth-order valence-corrected chi connectivity index (χ4v) is 3.51. The lowest BCUT2D eigenvalue weighted by Gasteiger charge is -2.16. The fraction of sp³-hybridized carbons (Fsp3) is 0.200. The summed E-state index contributed by atoms with van der Waals surface area (Å²) in [6.45, 7) is 0. The zero-order valence-corrected chi connectivity index (χ0v) is 14.5. The van der Waals surface area contributed by atoms with Gasteiger partial charge in [-0.3, -0.25) is 4.79 Å². The van der Waals surface area contributed by atoms with Crippen LogP contribution in [0, 0.1) is 11.3 Å². The third-order valence-corrected chi connectivity index (χ3v) is 4.96. The maximum atomic E-state index is 12.3. The summed E-state index contributed by atoms with van der Waals surface area (Å²) in [7, 11) is 0. The molecule has 1 aromatic heterocycles. The molecule has 0 unspecified atom stereocenters. The van der Waals surface area contributed by atoms with Crippen molar-refractivity contribution in [1.82, 2.24) is 5.32 Å². The summed E-state index contributed by atoms with van der Waals surface area (Å²) in [6, 6.07) is 18.9. The number of benzene rings is 2. The molecule has 1 amide bonds. The molecule has 0 spiro atoms. The molecule has 126 valence electrons. The van der Waals surface area contributed by atoms with Crippen LogP contribution in [-0.2, 0) is 17.6 Å². The first kappa shape index (κ1) is 17.2. The minimum Gasteiger partial charge on any atom is -0.339 e. The van der Waals surface area contributed by atoms with Gasteiger partial charge in [0.2, 0.25) is 5.91 Å². The van der Waals surface area contributed by atoms with E-state index >= 15 is 0 Å². The number of nitriles is 1. The van der Waals surface area contributed by atoms with Crippen LogP contribution in [0.5, 0.6) is 0 Å². The molecule has 1 heterocycles. The summed E-state index contributed by atoms with van der Waals surface area (Å²) in [5, 5.41) is 16.4. The number of rotatable bonds is 6. The number of thiophene rings is 1. The Morgan fingerprint density at radius 1 is 1.12 bits per heavy atom. The van der Waals surface area contributed by atoms with Crippen LogP contribution >= 0.6 is 11.3 Å². The minimum absolute atomic E-state index is 0.291. The number of fused-ring (bicyclic) bond motifs is 1. The second-order valence-electron chi connectivity index (χ2n) is 5.97. The van der Waals surface area contributed by atoms with Gasteiger partial charge >= 0.3 is 0 Å². The van der Waals surface area contributed by atoms with Gasteiger partial charge in [-0.25, -0.2) is 0 Å². The molecule has 2 atom stereocenters. The van der Waals surface area contributed by atoms with E-state index in [1.807, 2.05) is 53.9 Å². The van der Waals surface area contributed by atoms with E-state index in [0.29, 0.717) is 12.8 Å². The number of carbonyl (C=O) groups excluding carboxylic acids is 1. The first-order valence-corrected chi connectivity index (χ1v) is 8.99. The molecule has 0 bridgehead atoms. The van der Waals surface area contributed by atoms with Crippen LogP contribution in [0.4, 0.5) is 0 Å². The zero-order valence-electron chi connectivity index (χ0n) is 13.7. The predicted octanol–water partition coefficient (Wildman–Crippen LogP) is 3.02. The van der Waals surface area contributed by atoms with Crippen LogP contribution in [0.1, 0.15) is 10.4 Å². The third kappa shape index (κ3) is 4.44. The molecule has 4 nitrogen and oxygen atoms in total. The van der Waals surface area contributed by atoms with Crippen molar-refractivity contribution >= 4 is 28.0 Å². The minimum atomic E-state index is -0.647.